The van der Waals surface area contributed by atoms with E-state index in [1.54, 1.807) is 19.0 Å². The van der Waals surface area contributed by atoms with Crippen molar-refractivity contribution in [1.29, 1.82) is 0 Å². The molecule has 0 saturated carbocycles. The molecule has 1 spiro atoms. The number of carbonyl (C=O) groups excluding carboxylic acids is 3. The van der Waals surface area contributed by atoms with Crippen LogP contribution in [-0.4, -0.2) is 66.2 Å². The maximum Gasteiger partial charge on any atom is 0.253 e. The third-order valence-corrected chi connectivity index (χ3v) is 6.60. The molecule has 2 aromatic rings. The standard InChI is InChI=1S/C25H29N3O3/c1-26(2)22(29)18-28-17-21-11-7-6-10-20(21)16-25(24(28)31)12-14-27(15-13-25)23(30)19-8-4-3-5-9-19/h3-11H,12-18H2,1-2H3. The Morgan fingerprint density at radius 1 is 0.935 bits per heavy atom. The molecule has 0 atom stereocenters. The lowest BCUT2D eigenvalue weighted by atomic mass is 9.72. The predicted octanol–water partition coefficient (Wildman–Crippen LogP) is 2.58. The summed E-state index contributed by atoms with van der Waals surface area (Å²) in [6.07, 6.45) is 1.86. The minimum absolute atomic E-state index is 0.0107. The molecule has 1 saturated heterocycles. The van der Waals surface area contributed by atoms with Gasteiger partial charge < -0.3 is 14.7 Å². The summed E-state index contributed by atoms with van der Waals surface area (Å²) < 4.78 is 0. The zero-order valence-corrected chi connectivity index (χ0v) is 18.2. The van der Waals surface area contributed by atoms with Crippen molar-refractivity contribution in [3.63, 3.8) is 0 Å². The van der Waals surface area contributed by atoms with Crippen LogP contribution in [0.3, 0.4) is 0 Å². The van der Waals surface area contributed by atoms with Gasteiger partial charge in [-0.3, -0.25) is 14.4 Å². The zero-order valence-electron chi connectivity index (χ0n) is 18.2. The van der Waals surface area contributed by atoms with Gasteiger partial charge in [0, 0.05) is 39.3 Å². The van der Waals surface area contributed by atoms with Gasteiger partial charge in [0.2, 0.25) is 11.8 Å². The van der Waals surface area contributed by atoms with Crippen LogP contribution in [0.2, 0.25) is 0 Å². The Balaban J connectivity index is 1.58. The Morgan fingerprint density at radius 2 is 1.55 bits per heavy atom. The predicted molar refractivity (Wildman–Crippen MR) is 118 cm³/mol. The first kappa shape index (κ1) is 21.1. The van der Waals surface area contributed by atoms with Gasteiger partial charge >= 0.3 is 0 Å². The van der Waals surface area contributed by atoms with Gasteiger partial charge in [-0.05, 0) is 42.5 Å². The Kier molecular flexibility index (Phi) is 5.81. The molecule has 4 rings (SSSR count). The number of rotatable bonds is 3. The largest absolute Gasteiger partial charge is 0.347 e. The molecule has 2 aromatic carbocycles. The molecule has 0 unspecified atom stereocenters. The quantitative estimate of drug-likeness (QED) is 0.768. The molecule has 6 nitrogen and oxygen atoms in total. The lowest BCUT2D eigenvalue weighted by Gasteiger charge is -2.42. The van der Waals surface area contributed by atoms with Crippen LogP contribution in [0.5, 0.6) is 0 Å². The Bertz CT molecular complexity index is 979. The number of likely N-dealkylation sites (N-methyl/N-ethyl adjacent to an activating group) is 1. The summed E-state index contributed by atoms with van der Waals surface area (Å²) in [5, 5.41) is 0. The van der Waals surface area contributed by atoms with Crippen LogP contribution in [0.1, 0.15) is 34.3 Å². The molecule has 31 heavy (non-hydrogen) atoms. The van der Waals surface area contributed by atoms with Crippen LogP contribution in [0.15, 0.2) is 54.6 Å². The van der Waals surface area contributed by atoms with Gasteiger partial charge in [-0.2, -0.15) is 0 Å². The molecule has 0 aromatic heterocycles. The number of amides is 3. The molecule has 162 valence electrons. The summed E-state index contributed by atoms with van der Waals surface area (Å²) in [7, 11) is 3.42. The Labute approximate surface area is 183 Å². The number of benzene rings is 2. The summed E-state index contributed by atoms with van der Waals surface area (Å²) in [5.74, 6) is -0.0400. The highest BCUT2D eigenvalue weighted by Crippen LogP contribution is 2.40. The van der Waals surface area contributed by atoms with Crippen molar-refractivity contribution >= 4 is 17.7 Å². The highest BCUT2D eigenvalue weighted by atomic mass is 16.2. The number of fused-ring (bicyclic) bond motifs is 1. The van der Waals surface area contributed by atoms with Crippen molar-refractivity contribution in [2.24, 2.45) is 5.41 Å². The van der Waals surface area contributed by atoms with Crippen LogP contribution in [0.25, 0.3) is 0 Å². The van der Waals surface area contributed by atoms with Crippen molar-refractivity contribution in [2.45, 2.75) is 25.8 Å². The fourth-order valence-corrected chi connectivity index (χ4v) is 4.66. The van der Waals surface area contributed by atoms with E-state index in [9.17, 15) is 14.4 Å². The second-order valence-corrected chi connectivity index (χ2v) is 8.83. The first-order valence-corrected chi connectivity index (χ1v) is 10.8. The molecule has 0 bridgehead atoms. The van der Waals surface area contributed by atoms with E-state index in [1.165, 1.54) is 10.5 Å². The lowest BCUT2D eigenvalue weighted by Crippen LogP contribution is -2.52. The smallest absolute Gasteiger partial charge is 0.253 e. The number of hydrogen-bond donors (Lipinski definition) is 0. The average molecular weight is 420 g/mol. The molecular formula is C25H29N3O3. The van der Waals surface area contributed by atoms with E-state index in [4.69, 9.17) is 0 Å². The maximum absolute atomic E-state index is 13.7. The molecule has 2 aliphatic rings. The van der Waals surface area contributed by atoms with Gasteiger partial charge in [0.1, 0.15) is 6.54 Å². The molecule has 0 radical (unpaired) electrons. The number of hydrogen-bond acceptors (Lipinski definition) is 3. The molecule has 6 heteroatoms. The fourth-order valence-electron chi connectivity index (χ4n) is 4.66. The fraction of sp³-hybridized carbons (Fsp3) is 0.400. The normalized spacial score (nSPS) is 17.8. The van der Waals surface area contributed by atoms with Crippen molar-refractivity contribution in [1.82, 2.24) is 14.7 Å². The molecular weight excluding hydrogens is 390 g/mol. The number of nitrogens with zero attached hydrogens (tertiary/aromatic N) is 3. The van der Waals surface area contributed by atoms with Crippen LogP contribution >= 0.6 is 0 Å². The van der Waals surface area contributed by atoms with Crippen LogP contribution in [-0.2, 0) is 22.6 Å². The summed E-state index contributed by atoms with van der Waals surface area (Å²) in [4.78, 5) is 44.1. The van der Waals surface area contributed by atoms with Crippen molar-refractivity contribution in [3.05, 3.63) is 71.3 Å². The molecule has 1 fully saturated rings. The monoisotopic (exact) mass is 419 g/mol. The van der Waals surface area contributed by atoms with Gasteiger partial charge in [-0.25, -0.2) is 0 Å². The first-order chi connectivity index (χ1) is 14.9. The van der Waals surface area contributed by atoms with Crippen molar-refractivity contribution in [3.8, 4) is 0 Å². The molecule has 2 aliphatic heterocycles. The third-order valence-electron chi connectivity index (χ3n) is 6.60. The second kappa shape index (κ2) is 8.53. The van der Waals surface area contributed by atoms with E-state index in [2.05, 4.69) is 6.07 Å². The number of likely N-dealkylation sites (tertiary alicyclic amines) is 1. The van der Waals surface area contributed by atoms with Crippen LogP contribution < -0.4 is 0 Å². The average Bonchev–Trinajstić information content (AvgIpc) is 2.89. The van der Waals surface area contributed by atoms with Crippen molar-refractivity contribution < 1.29 is 14.4 Å². The summed E-state index contributed by atoms with van der Waals surface area (Å²) >= 11 is 0. The highest BCUT2D eigenvalue weighted by Gasteiger charge is 2.46. The maximum atomic E-state index is 13.7. The van der Waals surface area contributed by atoms with Gasteiger partial charge in [-0.1, -0.05) is 42.5 Å². The zero-order chi connectivity index (χ0) is 22.0. The summed E-state index contributed by atoms with van der Waals surface area (Å²) in [5.41, 5.74) is 2.36. The second-order valence-electron chi connectivity index (χ2n) is 8.83. The molecule has 0 N–H and O–H groups in total. The van der Waals surface area contributed by atoms with Crippen molar-refractivity contribution in [2.75, 3.05) is 33.7 Å². The molecule has 3 amide bonds. The topological polar surface area (TPSA) is 60.9 Å². The van der Waals surface area contributed by atoms with Crippen LogP contribution in [0, 0.1) is 5.41 Å². The minimum Gasteiger partial charge on any atom is -0.347 e. The molecule has 0 aliphatic carbocycles. The minimum atomic E-state index is -0.577. The van der Waals surface area contributed by atoms with E-state index in [-0.39, 0.29) is 24.3 Å². The Morgan fingerprint density at radius 3 is 2.19 bits per heavy atom. The van der Waals surface area contributed by atoms with Gasteiger partial charge in [0.25, 0.3) is 5.91 Å². The third kappa shape index (κ3) is 4.20. The van der Waals surface area contributed by atoms with E-state index in [0.29, 0.717) is 44.5 Å². The van der Waals surface area contributed by atoms with E-state index >= 15 is 0 Å². The van der Waals surface area contributed by atoms with E-state index < -0.39 is 5.41 Å². The Hall–Kier alpha value is -3.15. The SMILES string of the molecule is CN(C)C(=O)CN1Cc2ccccc2CC2(CCN(C(=O)c3ccccc3)CC2)C1=O. The van der Waals surface area contributed by atoms with E-state index in [1.807, 2.05) is 53.4 Å². The number of piperidine rings is 1. The van der Waals surface area contributed by atoms with Gasteiger partial charge in [0.15, 0.2) is 0 Å². The van der Waals surface area contributed by atoms with E-state index in [0.717, 1.165) is 5.56 Å². The summed E-state index contributed by atoms with van der Waals surface area (Å²) in [6.45, 7) is 1.60. The highest BCUT2D eigenvalue weighted by molar-refractivity contribution is 5.94. The lowest BCUT2D eigenvalue weighted by molar-refractivity contribution is -0.149. The molecule has 2 heterocycles. The first-order valence-electron chi connectivity index (χ1n) is 10.8. The number of carbonyl (C=O) groups is 3. The van der Waals surface area contributed by atoms with Crippen LogP contribution in [0.4, 0.5) is 0 Å². The summed E-state index contributed by atoms with van der Waals surface area (Å²) in [6, 6.07) is 17.4. The van der Waals surface area contributed by atoms with Gasteiger partial charge in [-0.15, -0.1) is 0 Å². The van der Waals surface area contributed by atoms with Gasteiger partial charge in [0.05, 0.1) is 5.41 Å².